The molecule has 1 aromatic carbocycles. The summed E-state index contributed by atoms with van der Waals surface area (Å²) in [5, 5.41) is 20.2. The topological polar surface area (TPSA) is 113 Å². The molecule has 0 bridgehead atoms. The Morgan fingerprint density at radius 2 is 1.82 bits per heavy atom. The lowest BCUT2D eigenvalue weighted by molar-refractivity contribution is -0.139. The van der Waals surface area contributed by atoms with Crippen molar-refractivity contribution in [3.05, 3.63) is 24.3 Å². The van der Waals surface area contributed by atoms with E-state index in [0.29, 0.717) is 11.4 Å². The summed E-state index contributed by atoms with van der Waals surface area (Å²) in [5.74, 6) is -2.10. The minimum absolute atomic E-state index is 0.0229. The number of nitrogens with two attached hydrogens (primary N) is 1. The smallest absolute Gasteiger partial charge is 0.326 e. The van der Waals surface area contributed by atoms with Crippen molar-refractivity contribution in [2.45, 2.75) is 18.9 Å². The highest BCUT2D eigenvalue weighted by molar-refractivity contribution is 5.78. The van der Waals surface area contributed by atoms with E-state index >= 15 is 0 Å². The molecule has 5 N–H and O–H groups in total. The quantitative estimate of drug-likeness (QED) is 0.550. The zero-order valence-corrected chi connectivity index (χ0v) is 9.09. The molecule has 0 heterocycles. The van der Waals surface area contributed by atoms with E-state index in [1.54, 1.807) is 24.3 Å². The van der Waals surface area contributed by atoms with E-state index in [1.165, 1.54) is 0 Å². The predicted octanol–water partition coefficient (Wildman–Crippen LogP) is 0.999. The van der Waals surface area contributed by atoms with Gasteiger partial charge in [-0.2, -0.15) is 0 Å². The fourth-order valence-electron chi connectivity index (χ4n) is 1.31. The number of hydrogen-bond acceptors (Lipinski definition) is 4. The Balaban J connectivity index is 2.63. The van der Waals surface area contributed by atoms with Gasteiger partial charge < -0.3 is 21.3 Å². The number of benzene rings is 1. The molecule has 0 aliphatic heterocycles. The van der Waals surface area contributed by atoms with Crippen molar-refractivity contribution < 1.29 is 19.8 Å². The van der Waals surface area contributed by atoms with Gasteiger partial charge in [-0.05, 0) is 30.7 Å². The second-order valence-corrected chi connectivity index (χ2v) is 3.59. The van der Waals surface area contributed by atoms with Crippen molar-refractivity contribution in [2.24, 2.45) is 0 Å². The van der Waals surface area contributed by atoms with Crippen LogP contribution in [0.3, 0.4) is 0 Å². The lowest BCUT2D eigenvalue weighted by Crippen LogP contribution is -2.29. The number of carboxylic acids is 2. The van der Waals surface area contributed by atoms with Crippen LogP contribution in [0.15, 0.2) is 24.3 Å². The molecule has 92 valence electrons. The Hall–Kier alpha value is -2.24. The van der Waals surface area contributed by atoms with E-state index in [4.69, 9.17) is 15.9 Å². The number of nitrogens with one attached hydrogen (secondary N) is 1. The van der Waals surface area contributed by atoms with Gasteiger partial charge in [-0.3, -0.25) is 4.79 Å². The Morgan fingerprint density at radius 3 is 2.29 bits per heavy atom. The zero-order chi connectivity index (χ0) is 12.8. The van der Waals surface area contributed by atoms with Gasteiger partial charge in [0.15, 0.2) is 0 Å². The summed E-state index contributed by atoms with van der Waals surface area (Å²) < 4.78 is 0. The van der Waals surface area contributed by atoms with Gasteiger partial charge in [0.05, 0.1) is 0 Å². The minimum atomic E-state index is -1.08. The van der Waals surface area contributed by atoms with Gasteiger partial charge in [-0.1, -0.05) is 0 Å². The number of anilines is 2. The molecule has 0 amide bonds. The fraction of sp³-hybridized carbons (Fsp3) is 0.273. The highest BCUT2D eigenvalue weighted by Gasteiger charge is 2.18. The van der Waals surface area contributed by atoms with Gasteiger partial charge in [0.2, 0.25) is 0 Å². The number of hydrogen-bond donors (Lipinski definition) is 4. The van der Waals surface area contributed by atoms with E-state index in [1.807, 2.05) is 0 Å². The molecular weight excluding hydrogens is 224 g/mol. The highest BCUT2D eigenvalue weighted by atomic mass is 16.4. The molecule has 1 atom stereocenters. The van der Waals surface area contributed by atoms with Crippen molar-refractivity contribution in [3.63, 3.8) is 0 Å². The maximum absolute atomic E-state index is 10.9. The van der Waals surface area contributed by atoms with Crippen LogP contribution < -0.4 is 11.1 Å². The minimum Gasteiger partial charge on any atom is -0.481 e. The van der Waals surface area contributed by atoms with Gasteiger partial charge in [0.1, 0.15) is 6.04 Å². The highest BCUT2D eigenvalue weighted by Crippen LogP contribution is 2.13. The van der Waals surface area contributed by atoms with Crippen LogP contribution in [0.2, 0.25) is 0 Å². The van der Waals surface area contributed by atoms with E-state index in [2.05, 4.69) is 5.32 Å². The van der Waals surface area contributed by atoms with Crippen LogP contribution in [0.25, 0.3) is 0 Å². The van der Waals surface area contributed by atoms with Crippen LogP contribution >= 0.6 is 0 Å². The van der Waals surface area contributed by atoms with Gasteiger partial charge >= 0.3 is 11.9 Å². The molecule has 0 saturated carbocycles. The number of carbonyl (C=O) groups is 2. The molecule has 17 heavy (non-hydrogen) atoms. The van der Waals surface area contributed by atoms with Crippen molar-refractivity contribution in [2.75, 3.05) is 11.1 Å². The van der Waals surface area contributed by atoms with Gasteiger partial charge in [0, 0.05) is 17.8 Å². The summed E-state index contributed by atoms with van der Waals surface area (Å²) in [4.78, 5) is 21.3. The molecular formula is C11H14N2O4. The first-order valence-corrected chi connectivity index (χ1v) is 5.05. The third-order valence-corrected chi connectivity index (χ3v) is 2.20. The van der Waals surface area contributed by atoms with Gasteiger partial charge in [-0.25, -0.2) is 4.79 Å². The maximum atomic E-state index is 10.9. The second-order valence-electron chi connectivity index (χ2n) is 3.59. The van der Waals surface area contributed by atoms with E-state index < -0.39 is 18.0 Å². The lowest BCUT2D eigenvalue weighted by Gasteiger charge is -2.14. The van der Waals surface area contributed by atoms with Crippen molar-refractivity contribution in [1.29, 1.82) is 0 Å². The number of aliphatic carboxylic acids is 2. The Labute approximate surface area is 98.1 Å². The lowest BCUT2D eigenvalue weighted by atomic mass is 10.1. The number of carboxylic acid groups (broad SMARTS) is 2. The molecule has 0 aromatic heterocycles. The summed E-state index contributed by atoms with van der Waals surface area (Å²) in [5.41, 5.74) is 6.67. The SMILES string of the molecule is Nc1ccc(N[C@@H](CCC(=O)O)C(=O)O)cc1. The van der Waals surface area contributed by atoms with Crippen LogP contribution in [0.5, 0.6) is 0 Å². The first-order valence-electron chi connectivity index (χ1n) is 5.05. The molecule has 1 rings (SSSR count). The molecule has 1 aromatic rings. The maximum Gasteiger partial charge on any atom is 0.326 e. The van der Waals surface area contributed by atoms with Crippen LogP contribution in [-0.4, -0.2) is 28.2 Å². The molecule has 0 radical (unpaired) electrons. The summed E-state index contributed by atoms with van der Waals surface area (Å²) in [6.07, 6.45) is -0.173. The molecule has 0 aliphatic rings. The normalized spacial score (nSPS) is 11.8. The monoisotopic (exact) mass is 238 g/mol. The number of rotatable bonds is 6. The Kier molecular flexibility index (Phi) is 4.33. The molecule has 6 heteroatoms. The standard InChI is InChI=1S/C11H14N2O4/c12-7-1-3-8(4-2-7)13-9(11(16)17)5-6-10(14)15/h1-4,9,13H,5-6,12H2,(H,14,15)(H,16,17)/t9-/m0/s1. The molecule has 6 nitrogen and oxygen atoms in total. The third kappa shape index (κ3) is 4.42. The largest absolute Gasteiger partial charge is 0.481 e. The first-order chi connectivity index (χ1) is 7.99. The fourth-order valence-corrected chi connectivity index (χ4v) is 1.31. The first kappa shape index (κ1) is 12.8. The van der Waals surface area contributed by atoms with Crippen LogP contribution in [-0.2, 0) is 9.59 Å². The molecule has 0 fully saturated rings. The van der Waals surface area contributed by atoms with Gasteiger partial charge in [0.25, 0.3) is 0 Å². The predicted molar refractivity (Wildman–Crippen MR) is 62.8 cm³/mol. The Morgan fingerprint density at radius 1 is 1.24 bits per heavy atom. The summed E-state index contributed by atoms with van der Waals surface area (Å²) >= 11 is 0. The summed E-state index contributed by atoms with van der Waals surface area (Å²) in [6.45, 7) is 0. The van der Waals surface area contributed by atoms with E-state index in [9.17, 15) is 9.59 Å². The zero-order valence-electron chi connectivity index (χ0n) is 9.09. The van der Waals surface area contributed by atoms with Crippen molar-refractivity contribution in [1.82, 2.24) is 0 Å². The van der Waals surface area contributed by atoms with Crippen molar-refractivity contribution >= 4 is 23.3 Å². The number of nitrogen functional groups attached to an aromatic ring is 1. The summed E-state index contributed by atoms with van der Waals surface area (Å²) in [7, 11) is 0. The van der Waals surface area contributed by atoms with E-state index in [0.717, 1.165) is 0 Å². The van der Waals surface area contributed by atoms with Crippen LogP contribution in [0, 0.1) is 0 Å². The second kappa shape index (κ2) is 5.74. The molecule has 0 unspecified atom stereocenters. The average Bonchev–Trinajstić information content (AvgIpc) is 2.26. The van der Waals surface area contributed by atoms with Crippen molar-refractivity contribution in [3.8, 4) is 0 Å². The summed E-state index contributed by atoms with van der Waals surface area (Å²) in [6, 6.07) is 5.64. The Bertz CT molecular complexity index is 402. The van der Waals surface area contributed by atoms with E-state index in [-0.39, 0.29) is 12.8 Å². The molecule has 0 spiro atoms. The third-order valence-electron chi connectivity index (χ3n) is 2.20. The van der Waals surface area contributed by atoms with Crippen LogP contribution in [0.4, 0.5) is 11.4 Å². The van der Waals surface area contributed by atoms with Crippen LogP contribution in [0.1, 0.15) is 12.8 Å². The average molecular weight is 238 g/mol. The van der Waals surface area contributed by atoms with Gasteiger partial charge in [-0.15, -0.1) is 0 Å². The molecule has 0 saturated heterocycles. The molecule has 0 aliphatic carbocycles.